The minimum absolute atomic E-state index is 0.323. The number of aliphatic hydroxyl groups excluding tert-OH is 1. The number of furan rings is 1. The Kier molecular flexibility index (Phi) is 6.93. The van der Waals surface area contributed by atoms with E-state index in [1.807, 2.05) is 12.1 Å². The molecule has 1 aromatic heterocycles. The number of hydrogen-bond donors (Lipinski definition) is 2. The molecule has 4 nitrogen and oxygen atoms in total. The van der Waals surface area contributed by atoms with Gasteiger partial charge in [-0.15, -0.1) is 0 Å². The predicted octanol–water partition coefficient (Wildman–Crippen LogP) is 1.46. The van der Waals surface area contributed by atoms with Gasteiger partial charge in [0.15, 0.2) is 0 Å². The summed E-state index contributed by atoms with van der Waals surface area (Å²) < 4.78 is 5.31. The Labute approximate surface area is 104 Å². The third kappa shape index (κ3) is 5.86. The van der Waals surface area contributed by atoms with Gasteiger partial charge in [-0.3, -0.25) is 4.90 Å². The van der Waals surface area contributed by atoms with Crippen molar-refractivity contribution in [1.82, 2.24) is 10.2 Å². The summed E-state index contributed by atoms with van der Waals surface area (Å²) >= 11 is 0. The van der Waals surface area contributed by atoms with E-state index in [0.29, 0.717) is 13.1 Å². The van der Waals surface area contributed by atoms with Crippen LogP contribution in [-0.2, 0) is 6.54 Å². The van der Waals surface area contributed by atoms with Crippen LogP contribution < -0.4 is 5.32 Å². The highest BCUT2D eigenvalue weighted by Crippen LogP contribution is 2.05. The largest absolute Gasteiger partial charge is 0.468 e. The van der Waals surface area contributed by atoms with Crippen molar-refractivity contribution < 1.29 is 9.52 Å². The lowest BCUT2D eigenvalue weighted by atomic mass is 10.3. The first kappa shape index (κ1) is 14.2. The molecule has 1 atom stereocenters. The summed E-state index contributed by atoms with van der Waals surface area (Å²) in [6.07, 6.45) is 2.45. The Hall–Kier alpha value is -0.840. The summed E-state index contributed by atoms with van der Waals surface area (Å²) in [5.74, 6) is 0.945. The third-order valence-electron chi connectivity index (χ3n) is 2.68. The fraction of sp³-hybridized carbons (Fsp3) is 0.692. The van der Waals surface area contributed by atoms with Crippen LogP contribution in [0.5, 0.6) is 0 Å². The lowest BCUT2D eigenvalue weighted by Gasteiger charge is -2.22. The number of rotatable bonds is 9. The maximum atomic E-state index is 9.87. The zero-order valence-electron chi connectivity index (χ0n) is 10.9. The topological polar surface area (TPSA) is 48.6 Å². The van der Waals surface area contributed by atoms with E-state index in [2.05, 4.69) is 24.1 Å². The van der Waals surface area contributed by atoms with Crippen LogP contribution in [0.15, 0.2) is 22.8 Å². The van der Waals surface area contributed by atoms with Crippen LogP contribution in [0.1, 0.15) is 26.0 Å². The molecule has 0 aliphatic heterocycles. The quantitative estimate of drug-likeness (QED) is 0.642. The molecule has 0 spiro atoms. The highest BCUT2D eigenvalue weighted by molar-refractivity contribution is 4.97. The van der Waals surface area contributed by atoms with Crippen molar-refractivity contribution in [3.8, 4) is 0 Å². The van der Waals surface area contributed by atoms with Crippen molar-refractivity contribution in [2.45, 2.75) is 32.9 Å². The molecule has 0 bridgehead atoms. The number of hydrogen-bond acceptors (Lipinski definition) is 4. The van der Waals surface area contributed by atoms with Crippen LogP contribution >= 0.6 is 0 Å². The first-order valence-electron chi connectivity index (χ1n) is 6.39. The first-order chi connectivity index (χ1) is 8.26. The fourth-order valence-corrected chi connectivity index (χ4v) is 1.74. The maximum Gasteiger partial charge on any atom is 0.117 e. The van der Waals surface area contributed by atoms with Crippen molar-refractivity contribution in [2.75, 3.05) is 26.2 Å². The standard InChI is InChI=1S/C13H24N2O2/c1-3-7-14-9-12(16)10-15(4-2)11-13-6-5-8-17-13/h5-6,8,12,14,16H,3-4,7,9-11H2,1-2H3. The fourth-order valence-electron chi connectivity index (χ4n) is 1.74. The van der Waals surface area contributed by atoms with Gasteiger partial charge in [-0.05, 0) is 31.6 Å². The van der Waals surface area contributed by atoms with Crippen LogP contribution in [0, 0.1) is 0 Å². The molecular weight excluding hydrogens is 216 g/mol. The lowest BCUT2D eigenvalue weighted by Crippen LogP contribution is -2.38. The number of aliphatic hydroxyl groups is 1. The molecule has 1 aromatic rings. The second-order valence-corrected chi connectivity index (χ2v) is 4.27. The Bertz CT molecular complexity index is 275. The molecule has 98 valence electrons. The van der Waals surface area contributed by atoms with Crippen molar-refractivity contribution >= 4 is 0 Å². The highest BCUT2D eigenvalue weighted by atomic mass is 16.3. The summed E-state index contributed by atoms with van der Waals surface area (Å²) in [7, 11) is 0. The molecule has 0 saturated heterocycles. The van der Waals surface area contributed by atoms with Crippen molar-refractivity contribution in [3.63, 3.8) is 0 Å². The molecule has 1 heterocycles. The number of nitrogens with zero attached hydrogens (tertiary/aromatic N) is 1. The van der Waals surface area contributed by atoms with Gasteiger partial charge in [0, 0.05) is 13.1 Å². The normalized spacial score (nSPS) is 13.2. The molecule has 2 N–H and O–H groups in total. The van der Waals surface area contributed by atoms with Gasteiger partial charge in [0.25, 0.3) is 0 Å². The molecule has 0 aliphatic rings. The number of nitrogens with one attached hydrogen (secondary N) is 1. The molecule has 1 rings (SSSR count). The van der Waals surface area contributed by atoms with Gasteiger partial charge >= 0.3 is 0 Å². The Morgan fingerprint density at radius 2 is 2.29 bits per heavy atom. The molecule has 17 heavy (non-hydrogen) atoms. The molecule has 1 unspecified atom stereocenters. The van der Waals surface area contributed by atoms with E-state index in [9.17, 15) is 5.11 Å². The van der Waals surface area contributed by atoms with Gasteiger partial charge in [-0.25, -0.2) is 0 Å². The van der Waals surface area contributed by atoms with E-state index >= 15 is 0 Å². The number of likely N-dealkylation sites (N-methyl/N-ethyl adjacent to an activating group) is 1. The van der Waals surface area contributed by atoms with Crippen LogP contribution in [0.2, 0.25) is 0 Å². The monoisotopic (exact) mass is 240 g/mol. The van der Waals surface area contributed by atoms with E-state index in [1.165, 1.54) is 0 Å². The summed E-state index contributed by atoms with van der Waals surface area (Å²) in [6, 6.07) is 3.85. The van der Waals surface area contributed by atoms with Gasteiger partial charge < -0.3 is 14.8 Å². The Morgan fingerprint density at radius 1 is 1.47 bits per heavy atom. The molecule has 0 fully saturated rings. The summed E-state index contributed by atoms with van der Waals surface area (Å²) in [5.41, 5.74) is 0. The first-order valence-corrected chi connectivity index (χ1v) is 6.39. The van der Waals surface area contributed by atoms with Crippen LogP contribution in [0.25, 0.3) is 0 Å². The SMILES string of the molecule is CCCNCC(O)CN(CC)Cc1ccco1. The van der Waals surface area contributed by atoms with E-state index in [-0.39, 0.29) is 6.10 Å². The zero-order valence-corrected chi connectivity index (χ0v) is 10.9. The predicted molar refractivity (Wildman–Crippen MR) is 68.8 cm³/mol. The minimum atomic E-state index is -0.323. The highest BCUT2D eigenvalue weighted by Gasteiger charge is 2.11. The smallest absolute Gasteiger partial charge is 0.117 e. The van der Waals surface area contributed by atoms with Gasteiger partial charge in [-0.2, -0.15) is 0 Å². The average molecular weight is 240 g/mol. The average Bonchev–Trinajstić information content (AvgIpc) is 2.81. The van der Waals surface area contributed by atoms with Crippen molar-refractivity contribution in [2.24, 2.45) is 0 Å². The molecule has 0 aromatic carbocycles. The molecule has 0 aliphatic carbocycles. The Morgan fingerprint density at radius 3 is 2.88 bits per heavy atom. The minimum Gasteiger partial charge on any atom is -0.468 e. The van der Waals surface area contributed by atoms with Crippen molar-refractivity contribution in [3.05, 3.63) is 24.2 Å². The van der Waals surface area contributed by atoms with Crippen LogP contribution in [-0.4, -0.2) is 42.3 Å². The molecule has 0 radical (unpaired) electrons. The second-order valence-electron chi connectivity index (χ2n) is 4.27. The van der Waals surface area contributed by atoms with Gasteiger partial charge in [0.2, 0.25) is 0 Å². The summed E-state index contributed by atoms with van der Waals surface area (Å²) in [5, 5.41) is 13.1. The van der Waals surface area contributed by atoms with Gasteiger partial charge in [0.1, 0.15) is 5.76 Å². The lowest BCUT2D eigenvalue weighted by molar-refractivity contribution is 0.107. The molecular formula is C13H24N2O2. The van der Waals surface area contributed by atoms with Gasteiger partial charge in [0.05, 0.1) is 18.9 Å². The zero-order chi connectivity index (χ0) is 12.5. The van der Waals surface area contributed by atoms with E-state index < -0.39 is 0 Å². The van der Waals surface area contributed by atoms with Crippen LogP contribution in [0.3, 0.4) is 0 Å². The van der Waals surface area contributed by atoms with E-state index in [4.69, 9.17) is 4.42 Å². The third-order valence-corrected chi connectivity index (χ3v) is 2.68. The Balaban J connectivity index is 2.26. The van der Waals surface area contributed by atoms with E-state index in [1.54, 1.807) is 6.26 Å². The van der Waals surface area contributed by atoms with E-state index in [0.717, 1.165) is 31.8 Å². The molecule has 4 heteroatoms. The van der Waals surface area contributed by atoms with Crippen LogP contribution in [0.4, 0.5) is 0 Å². The molecule has 0 amide bonds. The molecule has 0 saturated carbocycles. The summed E-state index contributed by atoms with van der Waals surface area (Å²) in [6.45, 7) is 8.17. The van der Waals surface area contributed by atoms with Crippen molar-refractivity contribution in [1.29, 1.82) is 0 Å². The second kappa shape index (κ2) is 8.28. The summed E-state index contributed by atoms with van der Waals surface area (Å²) in [4.78, 5) is 2.18. The van der Waals surface area contributed by atoms with Gasteiger partial charge in [-0.1, -0.05) is 13.8 Å². The maximum absolute atomic E-state index is 9.87.